The molecule has 3 N–H and O–H groups in total. The number of hydrogen-bond acceptors (Lipinski definition) is 6. The number of fused-ring (bicyclic) bond motifs is 2. The normalized spacial score (nSPS) is 19.4. The molecule has 9 nitrogen and oxygen atoms in total. The molecule has 0 spiro atoms. The van der Waals surface area contributed by atoms with Crippen molar-refractivity contribution in [3.63, 3.8) is 0 Å². The molecule has 0 radical (unpaired) electrons. The zero-order valence-electron chi connectivity index (χ0n) is 20.1. The molecule has 2 aromatic carbocycles. The highest BCUT2D eigenvalue weighted by Gasteiger charge is 2.43. The summed E-state index contributed by atoms with van der Waals surface area (Å²) in [6.07, 6.45) is 3.70. The lowest BCUT2D eigenvalue weighted by atomic mass is 9.85. The van der Waals surface area contributed by atoms with Crippen LogP contribution < -0.4 is 15.7 Å². The topological polar surface area (TPSA) is 139 Å². The Morgan fingerprint density at radius 3 is 2.47 bits per heavy atom. The van der Waals surface area contributed by atoms with Crippen LogP contribution in [0.15, 0.2) is 42.5 Å². The van der Waals surface area contributed by atoms with E-state index in [0.29, 0.717) is 11.3 Å². The number of rotatable bonds is 7. The number of anilines is 1. The maximum absolute atomic E-state index is 13.4. The summed E-state index contributed by atoms with van der Waals surface area (Å²) in [6, 6.07) is 10.8. The number of aromatic hydroxyl groups is 1. The van der Waals surface area contributed by atoms with Crippen molar-refractivity contribution in [3.05, 3.63) is 59.2 Å². The van der Waals surface area contributed by atoms with E-state index in [1.165, 1.54) is 4.90 Å². The quantitative estimate of drug-likeness (QED) is 0.506. The first-order valence-electron chi connectivity index (χ1n) is 11.7. The summed E-state index contributed by atoms with van der Waals surface area (Å²) < 4.78 is 0. The van der Waals surface area contributed by atoms with E-state index in [0.717, 1.165) is 11.1 Å². The number of phenolic OH excluding ortho intramolecular Hbond substituents is 1. The SMILES string of the molecule is CC(C)(CC(=O)[O-])CC(=O)N[C@H]1C[C@H]2C(=O)Nc3ccc(/C=C/c4ccc(O)cc4)cc3C(=O)N2C1. The van der Waals surface area contributed by atoms with Gasteiger partial charge in [-0.1, -0.05) is 44.2 Å². The summed E-state index contributed by atoms with van der Waals surface area (Å²) >= 11 is 0. The number of carbonyl (C=O) groups excluding carboxylic acids is 4. The van der Waals surface area contributed by atoms with E-state index in [1.54, 1.807) is 56.3 Å². The number of benzene rings is 2. The van der Waals surface area contributed by atoms with E-state index in [9.17, 15) is 29.4 Å². The van der Waals surface area contributed by atoms with Gasteiger partial charge in [-0.3, -0.25) is 14.4 Å². The number of amides is 3. The largest absolute Gasteiger partial charge is 0.550 e. The van der Waals surface area contributed by atoms with E-state index < -0.39 is 23.5 Å². The second-order valence-corrected chi connectivity index (χ2v) is 10.1. The van der Waals surface area contributed by atoms with Crippen LogP contribution in [0.2, 0.25) is 0 Å². The molecule has 9 heteroatoms. The minimum Gasteiger partial charge on any atom is -0.550 e. The number of aliphatic carboxylic acids is 1. The van der Waals surface area contributed by atoms with Crippen molar-refractivity contribution < 1.29 is 29.4 Å². The maximum atomic E-state index is 13.4. The van der Waals surface area contributed by atoms with Gasteiger partial charge in [0, 0.05) is 25.0 Å². The zero-order valence-corrected chi connectivity index (χ0v) is 20.1. The molecule has 2 aromatic rings. The number of nitrogens with one attached hydrogen (secondary N) is 2. The lowest BCUT2D eigenvalue weighted by Crippen LogP contribution is -2.41. The maximum Gasteiger partial charge on any atom is 0.256 e. The van der Waals surface area contributed by atoms with Crippen LogP contribution in [0.5, 0.6) is 5.75 Å². The molecule has 1 saturated heterocycles. The van der Waals surface area contributed by atoms with Crippen LogP contribution in [0.1, 0.15) is 54.6 Å². The van der Waals surface area contributed by atoms with Gasteiger partial charge in [0.2, 0.25) is 11.8 Å². The minimum absolute atomic E-state index is 0.0121. The first-order valence-corrected chi connectivity index (χ1v) is 11.7. The van der Waals surface area contributed by atoms with E-state index >= 15 is 0 Å². The van der Waals surface area contributed by atoms with Gasteiger partial charge in [0.1, 0.15) is 11.8 Å². The molecule has 4 rings (SSSR count). The van der Waals surface area contributed by atoms with Crippen LogP contribution in [0.25, 0.3) is 12.2 Å². The molecular formula is C27H28N3O6-. The van der Waals surface area contributed by atoms with Crippen molar-refractivity contribution in [3.8, 4) is 5.75 Å². The monoisotopic (exact) mass is 490 g/mol. The second kappa shape index (κ2) is 9.85. The Kier molecular flexibility index (Phi) is 6.83. The summed E-state index contributed by atoms with van der Waals surface area (Å²) in [5.74, 6) is -2.00. The first kappa shape index (κ1) is 25.0. The van der Waals surface area contributed by atoms with Crippen molar-refractivity contribution in [2.45, 2.75) is 45.2 Å². The highest BCUT2D eigenvalue weighted by Crippen LogP contribution is 2.31. The number of nitrogens with zero attached hydrogens (tertiary/aromatic N) is 1. The molecule has 0 saturated carbocycles. The van der Waals surface area contributed by atoms with Crippen molar-refractivity contribution >= 4 is 41.5 Å². The molecule has 3 amide bonds. The third kappa shape index (κ3) is 5.73. The first-order chi connectivity index (χ1) is 17.0. The standard InChI is InChI=1S/C27H29N3O6/c1-27(2,14-24(33)34)13-23(32)28-18-12-22-25(35)29-21-10-7-17(11-20(21)26(36)30(22)15-18)4-3-16-5-8-19(31)9-6-16/h3-11,18,22,31H,12-15H2,1-2H3,(H,28,32)(H,29,35)(H,33,34)/p-1/b4-3+/t18-,22-/m0/s1. The highest BCUT2D eigenvalue weighted by atomic mass is 16.4. The van der Waals surface area contributed by atoms with Gasteiger partial charge in [-0.25, -0.2) is 0 Å². The molecule has 1 fully saturated rings. The summed E-state index contributed by atoms with van der Waals surface area (Å²) in [5.41, 5.74) is 1.67. The molecule has 0 bridgehead atoms. The second-order valence-electron chi connectivity index (χ2n) is 10.1. The lowest BCUT2D eigenvalue weighted by molar-refractivity contribution is -0.307. The van der Waals surface area contributed by atoms with Gasteiger partial charge in [0.05, 0.1) is 11.3 Å². The van der Waals surface area contributed by atoms with Gasteiger partial charge < -0.3 is 30.5 Å². The van der Waals surface area contributed by atoms with Gasteiger partial charge in [0.25, 0.3) is 5.91 Å². The van der Waals surface area contributed by atoms with Crippen LogP contribution >= 0.6 is 0 Å². The lowest BCUT2D eigenvalue weighted by Gasteiger charge is -2.25. The fraction of sp³-hybridized carbons (Fsp3) is 0.333. The molecule has 2 aliphatic heterocycles. The Morgan fingerprint density at radius 2 is 1.78 bits per heavy atom. The van der Waals surface area contributed by atoms with Gasteiger partial charge in [-0.2, -0.15) is 0 Å². The average Bonchev–Trinajstić information content (AvgIpc) is 3.17. The van der Waals surface area contributed by atoms with E-state index in [4.69, 9.17) is 0 Å². The Balaban J connectivity index is 1.47. The van der Waals surface area contributed by atoms with Crippen LogP contribution in [-0.4, -0.2) is 52.3 Å². The number of carboxylic acids is 1. The van der Waals surface area contributed by atoms with E-state index in [2.05, 4.69) is 10.6 Å². The predicted octanol–water partition coefficient (Wildman–Crippen LogP) is 1.77. The van der Waals surface area contributed by atoms with Crippen LogP contribution in [0, 0.1) is 5.41 Å². The number of carboxylic acid groups (broad SMARTS) is 1. The molecule has 0 aromatic heterocycles. The molecule has 2 aliphatic rings. The third-order valence-corrected chi connectivity index (χ3v) is 6.38. The minimum atomic E-state index is -1.22. The Hall–Kier alpha value is -4.14. The van der Waals surface area contributed by atoms with Crippen molar-refractivity contribution in [1.82, 2.24) is 10.2 Å². The molecule has 2 heterocycles. The fourth-order valence-corrected chi connectivity index (χ4v) is 4.68. The average molecular weight is 491 g/mol. The Labute approximate surface area is 208 Å². The Morgan fingerprint density at radius 1 is 1.11 bits per heavy atom. The number of carbonyl (C=O) groups is 4. The highest BCUT2D eigenvalue weighted by molar-refractivity contribution is 6.10. The third-order valence-electron chi connectivity index (χ3n) is 6.38. The molecule has 188 valence electrons. The molecule has 0 unspecified atom stereocenters. The summed E-state index contributed by atoms with van der Waals surface area (Å²) in [7, 11) is 0. The van der Waals surface area contributed by atoms with Gasteiger partial charge in [0.15, 0.2) is 0 Å². The van der Waals surface area contributed by atoms with E-state index in [1.807, 2.05) is 12.2 Å². The van der Waals surface area contributed by atoms with Gasteiger partial charge in [-0.15, -0.1) is 0 Å². The fourth-order valence-electron chi connectivity index (χ4n) is 4.68. The smallest absolute Gasteiger partial charge is 0.256 e. The summed E-state index contributed by atoms with van der Waals surface area (Å²) in [4.78, 5) is 51.2. The van der Waals surface area contributed by atoms with E-state index in [-0.39, 0.29) is 49.3 Å². The van der Waals surface area contributed by atoms with Crippen LogP contribution in [0.4, 0.5) is 5.69 Å². The van der Waals surface area contributed by atoms with Crippen molar-refractivity contribution in [2.24, 2.45) is 5.41 Å². The number of phenols is 1. The van der Waals surface area contributed by atoms with Crippen LogP contribution in [0.3, 0.4) is 0 Å². The van der Waals surface area contributed by atoms with Crippen LogP contribution in [-0.2, 0) is 14.4 Å². The predicted molar refractivity (Wildman–Crippen MR) is 132 cm³/mol. The van der Waals surface area contributed by atoms with Gasteiger partial charge in [-0.05, 0) is 53.6 Å². The number of hydrogen-bond donors (Lipinski definition) is 3. The summed E-state index contributed by atoms with van der Waals surface area (Å²) in [6.45, 7) is 3.52. The molecular weight excluding hydrogens is 462 g/mol. The summed E-state index contributed by atoms with van der Waals surface area (Å²) in [5, 5.41) is 26.0. The molecule has 36 heavy (non-hydrogen) atoms. The molecule has 0 aliphatic carbocycles. The van der Waals surface area contributed by atoms with Crippen molar-refractivity contribution in [2.75, 3.05) is 11.9 Å². The van der Waals surface area contributed by atoms with Gasteiger partial charge >= 0.3 is 0 Å². The Bertz CT molecular complexity index is 1230. The van der Waals surface area contributed by atoms with Crippen molar-refractivity contribution in [1.29, 1.82) is 0 Å². The molecule has 2 atom stereocenters. The zero-order chi connectivity index (χ0) is 26.0.